The molecule has 0 saturated carbocycles. The van der Waals surface area contributed by atoms with Crippen LogP contribution in [0.15, 0.2) is 18.2 Å². The second-order valence-electron chi connectivity index (χ2n) is 2.81. The third-order valence-corrected chi connectivity index (χ3v) is 1.70. The zero-order valence-electron chi connectivity index (χ0n) is 8.40. The molecule has 0 radical (unpaired) electrons. The Hall–Kier alpha value is -2.11. The Bertz CT molecular complexity index is 416. The highest BCUT2D eigenvalue weighted by molar-refractivity contribution is 5.92. The number of hydrogen-bond donors (Lipinski definition) is 1. The molecule has 0 aromatic heterocycles. The van der Waals surface area contributed by atoms with E-state index in [1.165, 1.54) is 6.07 Å². The van der Waals surface area contributed by atoms with E-state index in [1.807, 2.05) is 0 Å². The fourth-order valence-electron chi connectivity index (χ4n) is 1.03. The zero-order valence-corrected chi connectivity index (χ0v) is 8.40. The van der Waals surface area contributed by atoms with Crippen molar-refractivity contribution in [3.63, 3.8) is 0 Å². The van der Waals surface area contributed by atoms with Gasteiger partial charge in [-0.15, -0.1) is 0 Å². The van der Waals surface area contributed by atoms with Crippen molar-refractivity contribution in [1.29, 1.82) is 0 Å². The fraction of sp³-hybridized carbons (Fsp3) is 0.200. The number of esters is 1. The molecule has 0 saturated heterocycles. The normalized spacial score (nSPS) is 9.62. The monoisotopic (exact) mass is 228 g/mol. The minimum Gasteiger partial charge on any atom is -0.481 e. The molecule has 0 unspecified atom stereocenters. The third-order valence-electron chi connectivity index (χ3n) is 1.70. The van der Waals surface area contributed by atoms with Gasteiger partial charge in [0, 0.05) is 6.07 Å². The zero-order chi connectivity index (χ0) is 12.1. The molecule has 0 spiro atoms. The van der Waals surface area contributed by atoms with Gasteiger partial charge in [-0.1, -0.05) is 0 Å². The molecule has 5 nitrogen and oxygen atoms in total. The van der Waals surface area contributed by atoms with Gasteiger partial charge in [0.15, 0.2) is 6.61 Å². The molecule has 0 amide bonds. The lowest BCUT2D eigenvalue weighted by Gasteiger charge is -2.08. The quantitative estimate of drug-likeness (QED) is 0.780. The third kappa shape index (κ3) is 2.94. The number of carboxylic acids is 1. The van der Waals surface area contributed by atoms with Crippen molar-refractivity contribution >= 4 is 11.9 Å². The van der Waals surface area contributed by atoms with Gasteiger partial charge in [0.05, 0.1) is 7.11 Å². The highest BCUT2D eigenvalue weighted by atomic mass is 19.1. The molecule has 0 bridgehead atoms. The van der Waals surface area contributed by atoms with Gasteiger partial charge in [-0.05, 0) is 12.1 Å². The van der Waals surface area contributed by atoms with Gasteiger partial charge < -0.3 is 14.6 Å². The van der Waals surface area contributed by atoms with E-state index in [4.69, 9.17) is 9.84 Å². The van der Waals surface area contributed by atoms with Gasteiger partial charge in [0.1, 0.15) is 17.1 Å². The van der Waals surface area contributed by atoms with Gasteiger partial charge in [0.25, 0.3) is 0 Å². The summed E-state index contributed by atoms with van der Waals surface area (Å²) in [6, 6.07) is 3.15. The van der Waals surface area contributed by atoms with Gasteiger partial charge in [0.2, 0.25) is 0 Å². The number of carbonyl (C=O) groups excluding carboxylic acids is 1. The molecule has 16 heavy (non-hydrogen) atoms. The maximum absolute atomic E-state index is 12.9. The highest BCUT2D eigenvalue weighted by Crippen LogP contribution is 2.20. The van der Waals surface area contributed by atoms with Crippen LogP contribution in [0.1, 0.15) is 10.4 Å². The predicted octanol–water partition coefficient (Wildman–Crippen LogP) is 1.08. The first-order valence-electron chi connectivity index (χ1n) is 4.27. The molecule has 0 aliphatic carbocycles. The van der Waals surface area contributed by atoms with Crippen LogP contribution in [-0.4, -0.2) is 30.8 Å². The molecule has 0 heterocycles. The summed E-state index contributed by atoms with van der Waals surface area (Å²) in [7, 11) is 1.16. The lowest BCUT2D eigenvalue weighted by Crippen LogP contribution is -2.12. The van der Waals surface area contributed by atoms with Gasteiger partial charge >= 0.3 is 11.9 Å². The second-order valence-corrected chi connectivity index (χ2v) is 2.81. The lowest BCUT2D eigenvalue weighted by molar-refractivity contribution is -0.139. The molecule has 0 atom stereocenters. The van der Waals surface area contributed by atoms with Crippen LogP contribution in [0.4, 0.5) is 4.39 Å². The topological polar surface area (TPSA) is 72.8 Å². The summed E-state index contributed by atoms with van der Waals surface area (Å²) in [6.07, 6.45) is 0. The fourth-order valence-corrected chi connectivity index (χ4v) is 1.03. The molecule has 86 valence electrons. The van der Waals surface area contributed by atoms with Crippen LogP contribution in [0.3, 0.4) is 0 Å². The van der Waals surface area contributed by atoms with E-state index in [0.717, 1.165) is 19.2 Å². The first-order chi connectivity index (χ1) is 7.54. The Morgan fingerprint density at radius 2 is 2.12 bits per heavy atom. The van der Waals surface area contributed by atoms with Crippen LogP contribution in [-0.2, 0) is 9.53 Å². The number of rotatable bonds is 4. The van der Waals surface area contributed by atoms with Crippen LogP contribution in [0.2, 0.25) is 0 Å². The predicted molar refractivity (Wildman–Crippen MR) is 50.9 cm³/mol. The van der Waals surface area contributed by atoms with E-state index in [1.54, 1.807) is 0 Å². The number of aliphatic carboxylic acids is 1. The van der Waals surface area contributed by atoms with Crippen LogP contribution >= 0.6 is 0 Å². The molecule has 0 aliphatic rings. The van der Waals surface area contributed by atoms with Crippen molar-refractivity contribution < 1.29 is 28.6 Å². The number of carboxylic acid groups (broad SMARTS) is 1. The van der Waals surface area contributed by atoms with Crippen molar-refractivity contribution in [3.05, 3.63) is 29.6 Å². The number of carbonyl (C=O) groups is 2. The number of ether oxygens (including phenoxy) is 2. The van der Waals surface area contributed by atoms with Crippen molar-refractivity contribution in [2.45, 2.75) is 0 Å². The summed E-state index contributed by atoms with van der Waals surface area (Å²) in [6.45, 7) is -0.659. The van der Waals surface area contributed by atoms with E-state index in [-0.39, 0.29) is 11.3 Å². The minimum atomic E-state index is -1.22. The Morgan fingerprint density at radius 1 is 1.44 bits per heavy atom. The van der Waals surface area contributed by atoms with Crippen molar-refractivity contribution in [2.75, 3.05) is 13.7 Å². The van der Waals surface area contributed by atoms with Crippen LogP contribution in [0, 0.1) is 5.82 Å². The molecule has 0 aliphatic heterocycles. The molecule has 1 aromatic rings. The number of benzene rings is 1. The summed E-state index contributed by atoms with van der Waals surface area (Å²) >= 11 is 0. The van der Waals surface area contributed by atoms with E-state index < -0.39 is 24.4 Å². The molecule has 1 rings (SSSR count). The van der Waals surface area contributed by atoms with Gasteiger partial charge in [-0.2, -0.15) is 0 Å². The Labute approximate surface area is 90.4 Å². The van der Waals surface area contributed by atoms with Crippen LogP contribution in [0.25, 0.3) is 0 Å². The highest BCUT2D eigenvalue weighted by Gasteiger charge is 2.14. The second kappa shape index (κ2) is 5.11. The standard InChI is InChI=1S/C10H9FO5/c1-15-10(14)7-3-2-6(11)4-8(7)16-5-9(12)13/h2-4H,5H2,1H3,(H,12,13). The molecule has 6 heteroatoms. The minimum absolute atomic E-state index is 0.0230. The largest absolute Gasteiger partial charge is 0.481 e. The smallest absolute Gasteiger partial charge is 0.341 e. The summed E-state index contributed by atoms with van der Waals surface area (Å²) < 4.78 is 22.1. The summed E-state index contributed by atoms with van der Waals surface area (Å²) in [5.41, 5.74) is -0.0230. The van der Waals surface area contributed by atoms with E-state index in [9.17, 15) is 14.0 Å². The van der Waals surface area contributed by atoms with Crippen LogP contribution < -0.4 is 4.74 Å². The average Bonchev–Trinajstić information content (AvgIpc) is 2.25. The molecule has 1 aromatic carbocycles. The Morgan fingerprint density at radius 3 is 2.69 bits per heavy atom. The number of halogens is 1. The summed E-state index contributed by atoms with van der Waals surface area (Å²) in [4.78, 5) is 21.5. The molecule has 1 N–H and O–H groups in total. The first kappa shape index (κ1) is 12.0. The number of hydrogen-bond acceptors (Lipinski definition) is 4. The molecule has 0 fully saturated rings. The van der Waals surface area contributed by atoms with Crippen molar-refractivity contribution in [1.82, 2.24) is 0 Å². The summed E-state index contributed by atoms with van der Waals surface area (Å²) in [5.74, 6) is -2.73. The SMILES string of the molecule is COC(=O)c1ccc(F)cc1OCC(=O)O. The van der Waals surface area contributed by atoms with Crippen molar-refractivity contribution in [2.24, 2.45) is 0 Å². The van der Waals surface area contributed by atoms with Gasteiger partial charge in [-0.3, -0.25) is 0 Å². The van der Waals surface area contributed by atoms with E-state index in [0.29, 0.717) is 0 Å². The Balaban J connectivity index is 2.98. The van der Waals surface area contributed by atoms with E-state index >= 15 is 0 Å². The van der Waals surface area contributed by atoms with E-state index in [2.05, 4.69) is 4.74 Å². The average molecular weight is 228 g/mol. The maximum Gasteiger partial charge on any atom is 0.341 e. The molecular formula is C10H9FO5. The Kier molecular flexibility index (Phi) is 3.82. The number of methoxy groups -OCH3 is 1. The maximum atomic E-state index is 12.9. The van der Waals surface area contributed by atoms with Crippen molar-refractivity contribution in [3.8, 4) is 5.75 Å². The first-order valence-corrected chi connectivity index (χ1v) is 4.27. The van der Waals surface area contributed by atoms with Gasteiger partial charge in [-0.25, -0.2) is 14.0 Å². The van der Waals surface area contributed by atoms with Crippen LogP contribution in [0.5, 0.6) is 5.75 Å². The molecular weight excluding hydrogens is 219 g/mol. The summed E-state index contributed by atoms with van der Waals surface area (Å²) in [5, 5.41) is 8.40. The lowest BCUT2D eigenvalue weighted by atomic mass is 10.2.